The van der Waals surface area contributed by atoms with Crippen LogP contribution in [0.4, 0.5) is 5.69 Å². The maximum atomic E-state index is 12.1. The minimum Gasteiger partial charge on any atom is -0.488 e. The molecule has 110 valence electrons. The highest BCUT2D eigenvalue weighted by molar-refractivity contribution is 6.31. The number of carbonyl (C=O) groups is 1. The zero-order valence-electron chi connectivity index (χ0n) is 11.7. The summed E-state index contributed by atoms with van der Waals surface area (Å²) in [5.74, 6) is -0.234. The fraction of sp³-hybridized carbons (Fsp3) is 0.200. The molecule has 5 nitrogen and oxygen atoms in total. The van der Waals surface area contributed by atoms with Crippen LogP contribution in [0.1, 0.15) is 23.0 Å². The summed E-state index contributed by atoms with van der Waals surface area (Å²) in [5.41, 5.74) is 1.29. The molecule has 21 heavy (non-hydrogen) atoms. The summed E-state index contributed by atoms with van der Waals surface area (Å²) < 4.78 is 5.13. The molecule has 6 heteroatoms. The quantitative estimate of drug-likeness (QED) is 0.912. The lowest BCUT2D eigenvalue weighted by atomic mass is 10.2. The molecule has 0 saturated carbocycles. The Morgan fingerprint density at radius 3 is 2.76 bits per heavy atom. The SMILES string of the molecule is CCOc1c[nH]c(C(=O)Nc2ccc(C)c(Cl)c2)cc1=O. The van der Waals surface area contributed by atoms with E-state index in [-0.39, 0.29) is 16.9 Å². The van der Waals surface area contributed by atoms with Gasteiger partial charge in [0.1, 0.15) is 5.69 Å². The molecule has 2 rings (SSSR count). The van der Waals surface area contributed by atoms with Crippen LogP contribution in [0.15, 0.2) is 35.3 Å². The number of H-pyrrole nitrogens is 1. The summed E-state index contributed by atoms with van der Waals surface area (Å²) in [6.45, 7) is 4.04. The predicted molar refractivity (Wildman–Crippen MR) is 82.4 cm³/mol. The number of aromatic amines is 1. The van der Waals surface area contributed by atoms with Gasteiger partial charge < -0.3 is 15.0 Å². The van der Waals surface area contributed by atoms with Gasteiger partial charge in [0, 0.05) is 23.0 Å². The fourth-order valence-electron chi connectivity index (χ4n) is 1.73. The number of nitrogens with one attached hydrogen (secondary N) is 2. The highest BCUT2D eigenvalue weighted by Gasteiger charge is 2.10. The van der Waals surface area contributed by atoms with Crippen LogP contribution in [-0.2, 0) is 0 Å². The summed E-state index contributed by atoms with van der Waals surface area (Å²) in [6.07, 6.45) is 1.38. The van der Waals surface area contributed by atoms with Gasteiger partial charge in [-0.3, -0.25) is 9.59 Å². The van der Waals surface area contributed by atoms with Crippen LogP contribution in [0.25, 0.3) is 0 Å². The number of aryl methyl sites for hydroxylation is 1. The second-order valence-corrected chi connectivity index (χ2v) is 4.83. The van der Waals surface area contributed by atoms with Gasteiger partial charge in [0.15, 0.2) is 5.75 Å². The number of carbonyl (C=O) groups excluding carboxylic acids is 1. The minimum atomic E-state index is -0.421. The number of ether oxygens (including phenoxy) is 1. The summed E-state index contributed by atoms with van der Waals surface area (Å²) in [7, 11) is 0. The lowest BCUT2D eigenvalue weighted by Crippen LogP contribution is -2.17. The largest absolute Gasteiger partial charge is 0.488 e. The Labute approximate surface area is 126 Å². The van der Waals surface area contributed by atoms with Gasteiger partial charge in [-0.1, -0.05) is 17.7 Å². The van der Waals surface area contributed by atoms with Crippen molar-refractivity contribution < 1.29 is 9.53 Å². The summed E-state index contributed by atoms with van der Waals surface area (Å²) in [5, 5.41) is 3.23. The zero-order chi connectivity index (χ0) is 15.4. The summed E-state index contributed by atoms with van der Waals surface area (Å²) in [4.78, 5) is 26.5. The molecule has 1 aromatic heterocycles. The molecule has 1 heterocycles. The Morgan fingerprint density at radius 1 is 1.38 bits per heavy atom. The molecule has 0 aliphatic carbocycles. The first kappa shape index (κ1) is 15.1. The molecular formula is C15H15ClN2O3. The molecule has 2 aromatic rings. The highest BCUT2D eigenvalue weighted by atomic mass is 35.5. The van der Waals surface area contributed by atoms with E-state index >= 15 is 0 Å². The number of pyridine rings is 1. The van der Waals surface area contributed by atoms with Crippen molar-refractivity contribution in [2.75, 3.05) is 11.9 Å². The van der Waals surface area contributed by atoms with E-state index in [1.54, 1.807) is 25.1 Å². The number of rotatable bonds is 4. The van der Waals surface area contributed by atoms with Crippen LogP contribution < -0.4 is 15.5 Å². The van der Waals surface area contributed by atoms with Crippen LogP contribution in [0.3, 0.4) is 0 Å². The Hall–Kier alpha value is -2.27. The molecule has 0 bridgehead atoms. The maximum absolute atomic E-state index is 12.1. The molecule has 1 amide bonds. The first-order valence-electron chi connectivity index (χ1n) is 6.44. The van der Waals surface area contributed by atoms with Gasteiger partial charge in [-0.15, -0.1) is 0 Å². The van der Waals surface area contributed by atoms with Crippen molar-refractivity contribution in [3.63, 3.8) is 0 Å². The average molecular weight is 307 g/mol. The lowest BCUT2D eigenvalue weighted by Gasteiger charge is -2.07. The Balaban J connectivity index is 2.18. The van der Waals surface area contributed by atoms with E-state index in [9.17, 15) is 9.59 Å². The van der Waals surface area contributed by atoms with Gasteiger partial charge in [-0.2, -0.15) is 0 Å². The molecule has 0 saturated heterocycles. The van der Waals surface area contributed by atoms with Gasteiger partial charge in [0.25, 0.3) is 5.91 Å². The van der Waals surface area contributed by atoms with Crippen LogP contribution in [0.5, 0.6) is 5.75 Å². The van der Waals surface area contributed by atoms with E-state index in [0.29, 0.717) is 17.3 Å². The monoisotopic (exact) mass is 306 g/mol. The molecule has 1 aromatic carbocycles. The zero-order valence-corrected chi connectivity index (χ0v) is 12.5. The molecule has 2 N–H and O–H groups in total. The smallest absolute Gasteiger partial charge is 0.272 e. The third-order valence-corrected chi connectivity index (χ3v) is 3.26. The number of hydrogen-bond donors (Lipinski definition) is 2. The van der Waals surface area contributed by atoms with Crippen LogP contribution >= 0.6 is 11.6 Å². The second kappa shape index (κ2) is 6.45. The number of halogens is 1. The number of aromatic nitrogens is 1. The van der Waals surface area contributed by atoms with E-state index in [1.807, 2.05) is 6.92 Å². The van der Waals surface area contributed by atoms with Gasteiger partial charge >= 0.3 is 0 Å². The third-order valence-electron chi connectivity index (χ3n) is 2.85. The van der Waals surface area contributed by atoms with Crippen molar-refractivity contribution in [3.05, 3.63) is 57.0 Å². The number of anilines is 1. The molecule has 0 unspecified atom stereocenters. The summed E-state index contributed by atoms with van der Waals surface area (Å²) in [6, 6.07) is 6.41. The van der Waals surface area contributed by atoms with Crippen molar-refractivity contribution in [2.45, 2.75) is 13.8 Å². The molecule has 0 spiro atoms. The first-order valence-corrected chi connectivity index (χ1v) is 6.82. The van der Waals surface area contributed by atoms with Crippen LogP contribution in [0.2, 0.25) is 5.02 Å². The minimum absolute atomic E-state index is 0.153. The number of benzene rings is 1. The van der Waals surface area contributed by atoms with E-state index in [2.05, 4.69) is 10.3 Å². The Bertz CT molecular complexity index is 725. The van der Waals surface area contributed by atoms with Crippen molar-refractivity contribution in [2.24, 2.45) is 0 Å². The topological polar surface area (TPSA) is 71.2 Å². The second-order valence-electron chi connectivity index (χ2n) is 4.43. The van der Waals surface area contributed by atoms with Crippen molar-refractivity contribution in [1.29, 1.82) is 0 Å². The third kappa shape index (κ3) is 3.64. The summed E-state index contributed by atoms with van der Waals surface area (Å²) >= 11 is 6.00. The van der Waals surface area contributed by atoms with Crippen molar-refractivity contribution in [3.8, 4) is 5.75 Å². The highest BCUT2D eigenvalue weighted by Crippen LogP contribution is 2.20. The Kier molecular flexibility index (Phi) is 4.65. The maximum Gasteiger partial charge on any atom is 0.272 e. The van der Waals surface area contributed by atoms with E-state index < -0.39 is 5.91 Å². The van der Waals surface area contributed by atoms with Gasteiger partial charge in [-0.25, -0.2) is 0 Å². The molecule has 0 aliphatic rings. The fourth-order valence-corrected chi connectivity index (χ4v) is 1.91. The van der Waals surface area contributed by atoms with Crippen LogP contribution in [0, 0.1) is 6.92 Å². The van der Waals surface area contributed by atoms with Crippen molar-refractivity contribution in [1.82, 2.24) is 4.98 Å². The van der Waals surface area contributed by atoms with Gasteiger partial charge in [0.2, 0.25) is 5.43 Å². The first-order chi connectivity index (χ1) is 10.0. The lowest BCUT2D eigenvalue weighted by molar-refractivity contribution is 0.102. The number of hydrogen-bond acceptors (Lipinski definition) is 3. The van der Waals surface area contributed by atoms with E-state index in [4.69, 9.17) is 16.3 Å². The number of amides is 1. The van der Waals surface area contributed by atoms with Crippen LogP contribution in [-0.4, -0.2) is 17.5 Å². The van der Waals surface area contributed by atoms with Crippen molar-refractivity contribution >= 4 is 23.2 Å². The molecule has 0 atom stereocenters. The normalized spacial score (nSPS) is 10.2. The van der Waals surface area contributed by atoms with Gasteiger partial charge in [0.05, 0.1) is 6.61 Å². The molecule has 0 radical (unpaired) electrons. The Morgan fingerprint density at radius 2 is 2.14 bits per heavy atom. The molecular weight excluding hydrogens is 292 g/mol. The van der Waals surface area contributed by atoms with E-state index in [0.717, 1.165) is 5.56 Å². The van der Waals surface area contributed by atoms with Gasteiger partial charge in [-0.05, 0) is 31.5 Å². The molecule has 0 aliphatic heterocycles. The standard InChI is InChI=1S/C15H15ClN2O3/c1-3-21-14-8-17-12(7-13(14)19)15(20)18-10-5-4-9(2)11(16)6-10/h4-8H,3H2,1-2H3,(H,17,19)(H,18,20). The van der Waals surface area contributed by atoms with E-state index in [1.165, 1.54) is 12.3 Å². The predicted octanol–water partition coefficient (Wildman–Crippen LogP) is 2.99. The molecule has 0 fully saturated rings. The average Bonchev–Trinajstić information content (AvgIpc) is 2.45.